The molecule has 0 amide bonds. The van der Waals surface area contributed by atoms with Gasteiger partial charge in [0.05, 0.1) is 18.7 Å². The van der Waals surface area contributed by atoms with Gasteiger partial charge in [0.1, 0.15) is 22.8 Å². The van der Waals surface area contributed by atoms with E-state index in [1.54, 1.807) is 25.6 Å². The molecule has 9 nitrogen and oxygen atoms in total. The summed E-state index contributed by atoms with van der Waals surface area (Å²) < 4.78 is 15.2. The summed E-state index contributed by atoms with van der Waals surface area (Å²) in [5.74, 6) is 1.05. The maximum absolute atomic E-state index is 11.6. The van der Waals surface area contributed by atoms with Gasteiger partial charge in [-0.15, -0.1) is 0 Å². The molecule has 0 saturated carbocycles. The van der Waals surface area contributed by atoms with Gasteiger partial charge >= 0.3 is 5.97 Å². The lowest BCUT2D eigenvalue weighted by atomic mass is 10.1. The topological polar surface area (TPSA) is 95.2 Å². The Morgan fingerprint density at radius 2 is 1.84 bits per heavy atom. The fourth-order valence-corrected chi connectivity index (χ4v) is 4.78. The van der Waals surface area contributed by atoms with Gasteiger partial charge in [-0.1, -0.05) is 0 Å². The van der Waals surface area contributed by atoms with E-state index in [-0.39, 0.29) is 5.97 Å². The molecule has 9 heteroatoms. The molecule has 37 heavy (non-hydrogen) atoms. The Morgan fingerprint density at radius 3 is 2.59 bits per heavy atom. The zero-order valence-corrected chi connectivity index (χ0v) is 22.3. The van der Waals surface area contributed by atoms with E-state index >= 15 is 0 Å². The molecule has 0 unspecified atom stereocenters. The van der Waals surface area contributed by atoms with Crippen LogP contribution in [0.4, 0.5) is 0 Å². The smallest absolute Gasteiger partial charge is 0.308 e. The zero-order valence-electron chi connectivity index (χ0n) is 22.3. The Labute approximate surface area is 218 Å². The standard InChI is InChI=1S/C28H38N6O3/c1-5-33-19-22(26-25(37-20(2)35)10-14-31-28(26)33)9-13-30-11-6-7-15-34-18-21(8-12-29-3)24-16-23(36-4)17-32-27(24)34/h10,14,16-19,29-30H,5-9,11-13,15H2,1-4H3. The third kappa shape index (κ3) is 6.29. The molecular formula is C28H38N6O3. The number of aryl methyl sites for hydroxylation is 2. The van der Waals surface area contributed by atoms with Crippen LogP contribution in [-0.2, 0) is 30.7 Å². The van der Waals surface area contributed by atoms with Crippen molar-refractivity contribution in [3.8, 4) is 11.5 Å². The molecule has 0 atom stereocenters. The molecule has 4 rings (SSSR count). The summed E-state index contributed by atoms with van der Waals surface area (Å²) in [4.78, 5) is 20.8. The Bertz CT molecular complexity index is 1340. The average Bonchev–Trinajstić information content (AvgIpc) is 3.44. The van der Waals surface area contributed by atoms with Crippen molar-refractivity contribution in [2.75, 3.05) is 33.8 Å². The van der Waals surface area contributed by atoms with Gasteiger partial charge in [0.15, 0.2) is 0 Å². The SMILES string of the molecule is CCn1cc(CCNCCCCn2cc(CCNC)c3cc(OC)cnc32)c2c(OC(C)=O)ccnc21. The van der Waals surface area contributed by atoms with Crippen LogP contribution in [0, 0.1) is 0 Å². The highest BCUT2D eigenvalue weighted by atomic mass is 16.5. The number of nitrogens with zero attached hydrogens (tertiary/aromatic N) is 4. The van der Waals surface area contributed by atoms with E-state index in [4.69, 9.17) is 9.47 Å². The molecule has 0 spiro atoms. The summed E-state index contributed by atoms with van der Waals surface area (Å²) in [6.07, 6.45) is 11.8. The number of hydrogen-bond acceptors (Lipinski definition) is 7. The molecule has 0 aliphatic heterocycles. The summed E-state index contributed by atoms with van der Waals surface area (Å²) in [6.45, 7) is 7.97. The highest BCUT2D eigenvalue weighted by molar-refractivity contribution is 5.89. The molecule has 4 heterocycles. The van der Waals surface area contributed by atoms with E-state index < -0.39 is 0 Å². The molecule has 0 aliphatic carbocycles. The van der Waals surface area contributed by atoms with Crippen molar-refractivity contribution in [2.45, 2.75) is 52.6 Å². The molecule has 4 aromatic heterocycles. The Hall–Kier alpha value is -3.43. The molecule has 198 valence electrons. The van der Waals surface area contributed by atoms with Crippen LogP contribution in [0.1, 0.15) is 37.8 Å². The fraction of sp³-hybridized carbons (Fsp3) is 0.464. The molecule has 2 N–H and O–H groups in total. The minimum Gasteiger partial charge on any atom is -0.495 e. The minimum atomic E-state index is -0.320. The van der Waals surface area contributed by atoms with Gasteiger partial charge in [0.2, 0.25) is 0 Å². The first-order valence-corrected chi connectivity index (χ1v) is 13.1. The predicted molar refractivity (Wildman–Crippen MR) is 146 cm³/mol. The molecule has 4 aromatic rings. The van der Waals surface area contributed by atoms with Crippen LogP contribution in [-0.4, -0.2) is 58.9 Å². The largest absolute Gasteiger partial charge is 0.495 e. The highest BCUT2D eigenvalue weighted by Crippen LogP contribution is 2.30. The number of unbranched alkanes of at least 4 members (excludes halogenated alkanes) is 1. The number of methoxy groups -OCH3 is 1. The number of rotatable bonds is 14. The monoisotopic (exact) mass is 506 g/mol. The van der Waals surface area contributed by atoms with E-state index in [2.05, 4.69) is 55.1 Å². The summed E-state index contributed by atoms with van der Waals surface area (Å²) in [7, 11) is 3.65. The van der Waals surface area contributed by atoms with Crippen LogP contribution >= 0.6 is 0 Å². The first-order chi connectivity index (χ1) is 18.0. The van der Waals surface area contributed by atoms with Crippen LogP contribution in [0.15, 0.2) is 36.9 Å². The number of likely N-dealkylation sites (N-methyl/N-ethyl adjacent to an activating group) is 1. The van der Waals surface area contributed by atoms with Crippen molar-refractivity contribution in [3.05, 3.63) is 48.0 Å². The summed E-state index contributed by atoms with van der Waals surface area (Å²) in [5.41, 5.74) is 4.31. The number of pyridine rings is 2. The van der Waals surface area contributed by atoms with Gasteiger partial charge in [-0.05, 0) is 76.5 Å². The molecule has 0 radical (unpaired) electrons. The first-order valence-electron chi connectivity index (χ1n) is 13.1. The third-order valence-corrected chi connectivity index (χ3v) is 6.62. The number of esters is 1. The lowest BCUT2D eigenvalue weighted by Gasteiger charge is -2.08. The van der Waals surface area contributed by atoms with E-state index in [0.717, 1.165) is 86.4 Å². The van der Waals surface area contributed by atoms with E-state index in [9.17, 15) is 4.79 Å². The van der Waals surface area contributed by atoms with Crippen LogP contribution in [0.5, 0.6) is 11.5 Å². The van der Waals surface area contributed by atoms with Crippen LogP contribution in [0.2, 0.25) is 0 Å². The average molecular weight is 507 g/mol. The van der Waals surface area contributed by atoms with E-state index in [1.165, 1.54) is 17.9 Å². The molecule has 0 bridgehead atoms. The van der Waals surface area contributed by atoms with Crippen molar-refractivity contribution in [3.63, 3.8) is 0 Å². The molecule has 0 saturated heterocycles. The van der Waals surface area contributed by atoms with Crippen LogP contribution in [0.25, 0.3) is 22.1 Å². The number of nitrogens with one attached hydrogen (secondary N) is 2. The van der Waals surface area contributed by atoms with Crippen molar-refractivity contribution in [1.82, 2.24) is 29.7 Å². The summed E-state index contributed by atoms with van der Waals surface area (Å²) in [5, 5.41) is 8.90. The molecule has 0 aromatic carbocycles. The third-order valence-electron chi connectivity index (χ3n) is 6.62. The fourth-order valence-electron chi connectivity index (χ4n) is 4.78. The van der Waals surface area contributed by atoms with Crippen molar-refractivity contribution in [1.29, 1.82) is 0 Å². The minimum absolute atomic E-state index is 0.320. The Morgan fingerprint density at radius 1 is 1.03 bits per heavy atom. The van der Waals surface area contributed by atoms with E-state index in [0.29, 0.717) is 5.75 Å². The maximum Gasteiger partial charge on any atom is 0.308 e. The Kier molecular flexibility index (Phi) is 9.14. The van der Waals surface area contributed by atoms with Gasteiger partial charge in [0, 0.05) is 50.1 Å². The molecule has 0 fully saturated rings. The van der Waals surface area contributed by atoms with Crippen LogP contribution in [0.3, 0.4) is 0 Å². The first kappa shape index (κ1) is 26.6. The van der Waals surface area contributed by atoms with Gasteiger partial charge in [0.25, 0.3) is 0 Å². The number of hydrogen-bond donors (Lipinski definition) is 2. The lowest BCUT2D eigenvalue weighted by molar-refractivity contribution is -0.131. The number of fused-ring (bicyclic) bond motifs is 2. The van der Waals surface area contributed by atoms with Crippen molar-refractivity contribution < 1.29 is 14.3 Å². The normalized spacial score (nSPS) is 11.5. The van der Waals surface area contributed by atoms with Gasteiger partial charge in [-0.3, -0.25) is 4.79 Å². The van der Waals surface area contributed by atoms with Gasteiger partial charge < -0.3 is 29.2 Å². The Balaban J connectivity index is 1.31. The second-order valence-electron chi connectivity index (χ2n) is 9.20. The van der Waals surface area contributed by atoms with Gasteiger partial charge in [-0.2, -0.15) is 0 Å². The number of ether oxygens (including phenoxy) is 2. The molecular weight excluding hydrogens is 468 g/mol. The second kappa shape index (κ2) is 12.7. The second-order valence-corrected chi connectivity index (χ2v) is 9.20. The quantitative estimate of drug-likeness (QED) is 0.199. The molecule has 0 aliphatic rings. The number of carbonyl (C=O) groups is 1. The summed E-state index contributed by atoms with van der Waals surface area (Å²) in [6, 6.07) is 3.85. The van der Waals surface area contributed by atoms with E-state index in [1.807, 2.05) is 7.05 Å². The van der Waals surface area contributed by atoms with Crippen molar-refractivity contribution in [2.24, 2.45) is 0 Å². The maximum atomic E-state index is 11.6. The number of aromatic nitrogens is 4. The number of carbonyl (C=O) groups excluding carboxylic acids is 1. The lowest BCUT2D eigenvalue weighted by Crippen LogP contribution is -2.19. The zero-order chi connectivity index (χ0) is 26.2. The highest BCUT2D eigenvalue weighted by Gasteiger charge is 2.15. The predicted octanol–water partition coefficient (Wildman–Crippen LogP) is 3.71. The van der Waals surface area contributed by atoms with Crippen LogP contribution < -0.4 is 20.1 Å². The summed E-state index contributed by atoms with van der Waals surface area (Å²) >= 11 is 0. The van der Waals surface area contributed by atoms with Gasteiger partial charge in [-0.25, -0.2) is 9.97 Å². The van der Waals surface area contributed by atoms with Crippen molar-refractivity contribution >= 4 is 28.0 Å².